The zero-order valence-corrected chi connectivity index (χ0v) is 8.41. The summed E-state index contributed by atoms with van der Waals surface area (Å²) >= 11 is 0. The van der Waals surface area contributed by atoms with Gasteiger partial charge in [0.25, 0.3) is 0 Å². The quantitative estimate of drug-likeness (QED) is 0.363. The molecule has 0 aromatic heterocycles. The average molecular weight is 197 g/mol. The summed E-state index contributed by atoms with van der Waals surface area (Å²) in [5, 5.41) is 0. The van der Waals surface area contributed by atoms with E-state index in [9.17, 15) is 9.59 Å². The van der Waals surface area contributed by atoms with Crippen LogP contribution in [0.2, 0.25) is 0 Å². The van der Waals surface area contributed by atoms with Gasteiger partial charge in [0.2, 0.25) is 5.91 Å². The summed E-state index contributed by atoms with van der Waals surface area (Å²) in [6.45, 7) is 7.29. The Morgan fingerprint density at radius 1 is 1.57 bits per heavy atom. The molecule has 0 aromatic carbocycles. The fourth-order valence-electron chi connectivity index (χ4n) is 1.26. The van der Waals surface area contributed by atoms with E-state index >= 15 is 0 Å². The number of ketones is 1. The fraction of sp³-hybridized carbons (Fsp3) is 0.600. The first-order valence-electron chi connectivity index (χ1n) is 4.61. The van der Waals surface area contributed by atoms with E-state index in [4.69, 9.17) is 4.74 Å². The number of amides is 1. The van der Waals surface area contributed by atoms with Crippen molar-refractivity contribution in [3.63, 3.8) is 0 Å². The Balaban J connectivity index is 2.16. The minimum Gasteiger partial charge on any atom is -0.375 e. The lowest BCUT2D eigenvalue weighted by Crippen LogP contribution is -2.29. The SMILES string of the molecule is C=C(C)COCCN1CC(=O)CC1=O. The second-order valence-electron chi connectivity index (χ2n) is 3.54. The van der Waals surface area contributed by atoms with Gasteiger partial charge in [0.05, 0.1) is 26.2 Å². The van der Waals surface area contributed by atoms with Crippen LogP contribution in [0.1, 0.15) is 13.3 Å². The maximum atomic E-state index is 11.1. The second-order valence-corrected chi connectivity index (χ2v) is 3.54. The molecular weight excluding hydrogens is 182 g/mol. The lowest BCUT2D eigenvalue weighted by Gasteiger charge is -2.14. The van der Waals surface area contributed by atoms with Gasteiger partial charge in [-0.25, -0.2) is 0 Å². The number of rotatable bonds is 5. The van der Waals surface area contributed by atoms with Gasteiger partial charge in [-0.15, -0.1) is 0 Å². The number of Topliss-reactive ketones (excluding diaryl/α,β-unsaturated/α-hetero) is 1. The van der Waals surface area contributed by atoms with Crippen LogP contribution in [0.3, 0.4) is 0 Å². The molecule has 0 unspecified atom stereocenters. The highest BCUT2D eigenvalue weighted by molar-refractivity contribution is 6.05. The fourth-order valence-corrected chi connectivity index (χ4v) is 1.26. The highest BCUT2D eigenvalue weighted by atomic mass is 16.5. The molecule has 1 saturated heterocycles. The molecule has 0 radical (unpaired) electrons. The van der Waals surface area contributed by atoms with Gasteiger partial charge in [-0.05, 0) is 6.92 Å². The highest BCUT2D eigenvalue weighted by Crippen LogP contribution is 2.05. The molecule has 1 fully saturated rings. The standard InChI is InChI=1S/C10H15NO3/c1-8(2)7-14-4-3-11-6-9(12)5-10(11)13/h1,3-7H2,2H3. The van der Waals surface area contributed by atoms with Gasteiger partial charge in [0.15, 0.2) is 5.78 Å². The van der Waals surface area contributed by atoms with Crippen LogP contribution in [0.4, 0.5) is 0 Å². The Hall–Kier alpha value is -1.16. The molecule has 0 saturated carbocycles. The molecule has 1 amide bonds. The largest absolute Gasteiger partial charge is 0.375 e. The second kappa shape index (κ2) is 4.91. The minimum atomic E-state index is -0.0890. The average Bonchev–Trinajstić information content (AvgIpc) is 2.39. The summed E-state index contributed by atoms with van der Waals surface area (Å²) in [7, 11) is 0. The molecule has 0 spiro atoms. The number of likely N-dealkylation sites (tertiary alicyclic amines) is 1. The Morgan fingerprint density at radius 3 is 2.79 bits per heavy atom. The van der Waals surface area contributed by atoms with Crippen LogP contribution in [0.5, 0.6) is 0 Å². The van der Waals surface area contributed by atoms with E-state index in [1.807, 2.05) is 6.92 Å². The van der Waals surface area contributed by atoms with E-state index < -0.39 is 0 Å². The van der Waals surface area contributed by atoms with Crippen molar-refractivity contribution in [3.05, 3.63) is 12.2 Å². The smallest absolute Gasteiger partial charge is 0.230 e. The van der Waals surface area contributed by atoms with Gasteiger partial charge in [-0.3, -0.25) is 9.59 Å². The van der Waals surface area contributed by atoms with Crippen molar-refractivity contribution in [1.29, 1.82) is 0 Å². The van der Waals surface area contributed by atoms with E-state index in [2.05, 4.69) is 6.58 Å². The van der Waals surface area contributed by atoms with Crippen molar-refractivity contribution in [2.75, 3.05) is 26.3 Å². The van der Waals surface area contributed by atoms with Crippen molar-refractivity contribution >= 4 is 11.7 Å². The van der Waals surface area contributed by atoms with Crippen LogP contribution in [0.25, 0.3) is 0 Å². The van der Waals surface area contributed by atoms with E-state index in [1.165, 1.54) is 4.90 Å². The first-order valence-corrected chi connectivity index (χ1v) is 4.61. The van der Waals surface area contributed by atoms with E-state index in [1.54, 1.807) is 0 Å². The van der Waals surface area contributed by atoms with Crippen molar-refractivity contribution in [1.82, 2.24) is 4.90 Å². The molecule has 1 aliphatic rings. The van der Waals surface area contributed by atoms with Crippen LogP contribution in [0, 0.1) is 0 Å². The molecule has 4 heteroatoms. The molecule has 78 valence electrons. The molecule has 4 nitrogen and oxygen atoms in total. The number of nitrogens with zero attached hydrogens (tertiary/aromatic N) is 1. The Kier molecular flexibility index (Phi) is 3.83. The van der Waals surface area contributed by atoms with Gasteiger partial charge >= 0.3 is 0 Å². The van der Waals surface area contributed by atoms with Crippen molar-refractivity contribution in [2.24, 2.45) is 0 Å². The van der Waals surface area contributed by atoms with Crippen LogP contribution in [-0.2, 0) is 14.3 Å². The molecule has 1 heterocycles. The molecule has 0 atom stereocenters. The van der Waals surface area contributed by atoms with E-state index in [0.717, 1.165) is 5.57 Å². The van der Waals surface area contributed by atoms with Gasteiger partial charge < -0.3 is 9.64 Å². The monoisotopic (exact) mass is 197 g/mol. The first-order chi connectivity index (χ1) is 6.59. The number of hydrogen-bond donors (Lipinski definition) is 0. The van der Waals surface area contributed by atoms with Crippen LogP contribution >= 0.6 is 0 Å². The molecule has 0 N–H and O–H groups in total. The molecule has 1 aliphatic heterocycles. The summed E-state index contributed by atoms with van der Waals surface area (Å²) in [4.78, 5) is 23.6. The molecule has 14 heavy (non-hydrogen) atoms. The number of carbonyl (C=O) groups excluding carboxylic acids is 2. The molecule has 1 rings (SSSR count). The normalized spacial score (nSPS) is 16.5. The third kappa shape index (κ3) is 3.30. The number of hydrogen-bond acceptors (Lipinski definition) is 3. The predicted molar refractivity (Wildman–Crippen MR) is 51.8 cm³/mol. The summed E-state index contributed by atoms with van der Waals surface area (Å²) < 4.78 is 5.24. The highest BCUT2D eigenvalue weighted by Gasteiger charge is 2.26. The van der Waals surface area contributed by atoms with Gasteiger partial charge in [-0.1, -0.05) is 12.2 Å². The van der Waals surface area contributed by atoms with Gasteiger partial charge in [0.1, 0.15) is 0 Å². The van der Waals surface area contributed by atoms with Crippen LogP contribution < -0.4 is 0 Å². The minimum absolute atomic E-state index is 0.00472. The molecule has 0 bridgehead atoms. The zero-order chi connectivity index (χ0) is 10.6. The van der Waals surface area contributed by atoms with Crippen LogP contribution in [0.15, 0.2) is 12.2 Å². The van der Waals surface area contributed by atoms with Crippen LogP contribution in [-0.4, -0.2) is 42.9 Å². The Labute approximate surface area is 83.5 Å². The third-order valence-corrected chi connectivity index (χ3v) is 1.92. The Bertz CT molecular complexity index is 260. The molecule has 0 aliphatic carbocycles. The summed E-state index contributed by atoms with van der Waals surface area (Å²) in [5.74, 6) is -0.0937. The van der Waals surface area contributed by atoms with E-state index in [-0.39, 0.29) is 24.7 Å². The van der Waals surface area contributed by atoms with E-state index in [0.29, 0.717) is 19.8 Å². The topological polar surface area (TPSA) is 46.6 Å². The van der Waals surface area contributed by atoms with Crippen molar-refractivity contribution in [3.8, 4) is 0 Å². The number of ether oxygens (including phenoxy) is 1. The molecular formula is C10H15NO3. The van der Waals surface area contributed by atoms with Gasteiger partial charge in [0, 0.05) is 6.54 Å². The predicted octanol–water partition coefficient (Wildman–Crippen LogP) is 0.381. The Morgan fingerprint density at radius 2 is 2.29 bits per heavy atom. The first kappa shape index (κ1) is 10.9. The summed E-state index contributed by atoms with van der Waals surface area (Å²) in [6, 6.07) is 0. The summed E-state index contributed by atoms with van der Waals surface area (Å²) in [5.41, 5.74) is 0.953. The maximum Gasteiger partial charge on any atom is 0.230 e. The maximum absolute atomic E-state index is 11.1. The number of carbonyl (C=O) groups is 2. The van der Waals surface area contributed by atoms with Gasteiger partial charge in [-0.2, -0.15) is 0 Å². The van der Waals surface area contributed by atoms with Crippen molar-refractivity contribution in [2.45, 2.75) is 13.3 Å². The zero-order valence-electron chi connectivity index (χ0n) is 8.41. The lowest BCUT2D eigenvalue weighted by molar-refractivity contribution is -0.128. The van der Waals surface area contributed by atoms with Crippen molar-refractivity contribution < 1.29 is 14.3 Å². The molecule has 0 aromatic rings. The third-order valence-electron chi connectivity index (χ3n) is 1.92. The summed E-state index contributed by atoms with van der Waals surface area (Å²) in [6.07, 6.45) is 0.0560. The lowest BCUT2D eigenvalue weighted by atomic mass is 10.3.